The molecule has 6 heteroatoms. The van der Waals surface area contributed by atoms with E-state index in [0.717, 1.165) is 0 Å². The van der Waals surface area contributed by atoms with Gasteiger partial charge in [0.15, 0.2) is 6.10 Å². The molecule has 0 aromatic heterocycles. The first-order valence-electron chi connectivity index (χ1n) is 7.32. The number of hydrogen-bond acceptors (Lipinski definition) is 4. The summed E-state index contributed by atoms with van der Waals surface area (Å²) in [5.41, 5.74) is -0.868. The van der Waals surface area contributed by atoms with Crippen molar-refractivity contribution in [2.45, 2.75) is 37.8 Å². The van der Waals surface area contributed by atoms with E-state index < -0.39 is 11.6 Å². The number of para-hydroxylation sites is 1. The van der Waals surface area contributed by atoms with Gasteiger partial charge in [0.05, 0.1) is 11.1 Å². The molecule has 118 valence electrons. The van der Waals surface area contributed by atoms with Crippen molar-refractivity contribution in [3.05, 3.63) is 29.3 Å². The molecule has 1 atom stereocenters. The maximum Gasteiger partial charge on any atom is 0.262 e. The monoisotopic (exact) mass is 322 g/mol. The molecule has 1 fully saturated rings. The summed E-state index contributed by atoms with van der Waals surface area (Å²) in [5.74, 6) is 0.162. The molecule has 0 saturated carbocycles. The highest BCUT2D eigenvalue weighted by atomic mass is 35.5. The van der Waals surface area contributed by atoms with Gasteiger partial charge < -0.3 is 14.8 Å². The van der Waals surface area contributed by atoms with Crippen LogP contribution in [0.2, 0.25) is 5.02 Å². The number of nitriles is 1. The van der Waals surface area contributed by atoms with Gasteiger partial charge in [0, 0.05) is 26.1 Å². The third-order valence-corrected chi connectivity index (χ3v) is 4.00. The van der Waals surface area contributed by atoms with Crippen LogP contribution in [0.4, 0.5) is 0 Å². The Hall–Kier alpha value is -1.77. The number of rotatable bonds is 5. The smallest absolute Gasteiger partial charge is 0.262 e. The molecule has 0 radical (unpaired) electrons. The van der Waals surface area contributed by atoms with Crippen molar-refractivity contribution in [3.8, 4) is 11.8 Å². The van der Waals surface area contributed by atoms with E-state index in [-0.39, 0.29) is 5.91 Å². The zero-order valence-corrected chi connectivity index (χ0v) is 13.2. The molecule has 1 aromatic carbocycles. The average Bonchev–Trinajstić information content (AvgIpc) is 2.55. The predicted molar refractivity (Wildman–Crippen MR) is 82.7 cm³/mol. The van der Waals surface area contributed by atoms with E-state index in [9.17, 15) is 10.1 Å². The molecule has 1 aliphatic heterocycles. The molecule has 1 amide bonds. The second-order valence-corrected chi connectivity index (χ2v) is 5.65. The topological polar surface area (TPSA) is 71.3 Å². The quantitative estimate of drug-likeness (QED) is 0.904. The number of nitrogens with one attached hydrogen (secondary N) is 1. The van der Waals surface area contributed by atoms with Crippen LogP contribution in [-0.4, -0.2) is 30.8 Å². The third-order valence-electron chi connectivity index (χ3n) is 3.69. The maximum atomic E-state index is 12.5. The van der Waals surface area contributed by atoms with Crippen molar-refractivity contribution in [3.63, 3.8) is 0 Å². The molecule has 0 aliphatic carbocycles. The molecule has 1 saturated heterocycles. The SMILES string of the molecule is CCC(Oc1ccccc1Cl)C(=O)NC1(C#N)CCOCC1. The zero-order valence-electron chi connectivity index (χ0n) is 12.5. The summed E-state index contributed by atoms with van der Waals surface area (Å²) in [4.78, 5) is 12.5. The van der Waals surface area contributed by atoms with Crippen LogP contribution in [0.15, 0.2) is 24.3 Å². The lowest BCUT2D eigenvalue weighted by atomic mass is 9.91. The second kappa shape index (κ2) is 7.48. The van der Waals surface area contributed by atoms with Crippen molar-refractivity contribution in [2.75, 3.05) is 13.2 Å². The maximum absolute atomic E-state index is 12.5. The van der Waals surface area contributed by atoms with Crippen LogP contribution in [0.5, 0.6) is 5.75 Å². The molecule has 5 nitrogen and oxygen atoms in total. The van der Waals surface area contributed by atoms with Gasteiger partial charge in [-0.1, -0.05) is 30.7 Å². The minimum atomic E-state index is -0.868. The number of hydrogen-bond donors (Lipinski definition) is 1. The standard InChI is InChI=1S/C16H19ClN2O3/c1-2-13(22-14-6-4-3-5-12(14)17)15(20)19-16(11-18)7-9-21-10-8-16/h3-6,13H,2,7-10H2,1H3,(H,19,20). The minimum Gasteiger partial charge on any atom is -0.479 e. The Labute approximate surface area is 135 Å². The summed E-state index contributed by atoms with van der Waals surface area (Å²) in [5, 5.41) is 12.7. The van der Waals surface area contributed by atoms with Crippen LogP contribution in [-0.2, 0) is 9.53 Å². The fourth-order valence-electron chi connectivity index (χ4n) is 2.32. The Kier molecular flexibility index (Phi) is 5.64. The molecule has 0 spiro atoms. The summed E-state index contributed by atoms with van der Waals surface area (Å²) < 4.78 is 11.0. The summed E-state index contributed by atoms with van der Waals surface area (Å²) in [6.45, 7) is 2.79. The summed E-state index contributed by atoms with van der Waals surface area (Å²) >= 11 is 6.05. The molecule has 2 rings (SSSR count). The third kappa shape index (κ3) is 3.90. The molecular formula is C16H19ClN2O3. The molecule has 1 aliphatic rings. The van der Waals surface area contributed by atoms with Crippen LogP contribution in [0.1, 0.15) is 26.2 Å². The number of halogens is 1. The van der Waals surface area contributed by atoms with E-state index in [1.807, 2.05) is 6.92 Å². The highest BCUT2D eigenvalue weighted by Gasteiger charge is 2.36. The van der Waals surface area contributed by atoms with E-state index in [4.69, 9.17) is 21.1 Å². The fraction of sp³-hybridized carbons (Fsp3) is 0.500. The first-order chi connectivity index (χ1) is 10.6. The van der Waals surface area contributed by atoms with Gasteiger partial charge in [-0.05, 0) is 18.6 Å². The number of amides is 1. The van der Waals surface area contributed by atoms with Crippen LogP contribution >= 0.6 is 11.6 Å². The van der Waals surface area contributed by atoms with Gasteiger partial charge in [0.2, 0.25) is 0 Å². The number of ether oxygens (including phenoxy) is 2. The highest BCUT2D eigenvalue weighted by Crippen LogP contribution is 2.25. The Bertz CT molecular complexity index is 565. The number of benzene rings is 1. The molecule has 1 aromatic rings. The second-order valence-electron chi connectivity index (χ2n) is 5.24. The lowest BCUT2D eigenvalue weighted by Crippen LogP contribution is -2.54. The Balaban J connectivity index is 2.06. The first-order valence-corrected chi connectivity index (χ1v) is 7.70. The van der Waals surface area contributed by atoms with Gasteiger partial charge in [-0.25, -0.2) is 0 Å². The number of nitrogens with zero attached hydrogens (tertiary/aromatic N) is 1. The fourth-order valence-corrected chi connectivity index (χ4v) is 2.50. The van der Waals surface area contributed by atoms with E-state index in [2.05, 4.69) is 11.4 Å². The molecule has 1 N–H and O–H groups in total. The van der Waals surface area contributed by atoms with E-state index >= 15 is 0 Å². The van der Waals surface area contributed by atoms with Gasteiger partial charge in [-0.15, -0.1) is 0 Å². The molecule has 1 unspecified atom stereocenters. The number of carbonyl (C=O) groups is 1. The highest BCUT2D eigenvalue weighted by molar-refractivity contribution is 6.32. The average molecular weight is 323 g/mol. The Morgan fingerprint density at radius 3 is 2.77 bits per heavy atom. The first kappa shape index (κ1) is 16.6. The minimum absolute atomic E-state index is 0.300. The Morgan fingerprint density at radius 1 is 1.50 bits per heavy atom. The lowest BCUT2D eigenvalue weighted by molar-refractivity contribution is -0.130. The van der Waals surface area contributed by atoms with Gasteiger partial charge in [0.25, 0.3) is 5.91 Å². The summed E-state index contributed by atoms with van der Waals surface area (Å²) in [7, 11) is 0. The lowest BCUT2D eigenvalue weighted by Gasteiger charge is -2.32. The number of carbonyl (C=O) groups excluding carboxylic acids is 1. The summed E-state index contributed by atoms with van der Waals surface area (Å²) in [6.07, 6.45) is 0.762. The van der Waals surface area contributed by atoms with Gasteiger partial charge in [0.1, 0.15) is 11.3 Å². The molecule has 22 heavy (non-hydrogen) atoms. The van der Waals surface area contributed by atoms with Crippen molar-refractivity contribution >= 4 is 17.5 Å². The van der Waals surface area contributed by atoms with Crippen LogP contribution in [0.3, 0.4) is 0 Å². The molecule has 1 heterocycles. The van der Waals surface area contributed by atoms with Gasteiger partial charge in [-0.2, -0.15) is 5.26 Å². The predicted octanol–water partition coefficient (Wildman–Crippen LogP) is 2.69. The van der Waals surface area contributed by atoms with Gasteiger partial charge >= 0.3 is 0 Å². The van der Waals surface area contributed by atoms with Crippen molar-refractivity contribution < 1.29 is 14.3 Å². The van der Waals surface area contributed by atoms with Gasteiger partial charge in [-0.3, -0.25) is 4.79 Å². The van der Waals surface area contributed by atoms with Crippen molar-refractivity contribution in [1.82, 2.24) is 5.32 Å². The van der Waals surface area contributed by atoms with E-state index in [1.165, 1.54) is 0 Å². The van der Waals surface area contributed by atoms with Crippen molar-refractivity contribution in [2.24, 2.45) is 0 Å². The van der Waals surface area contributed by atoms with Crippen LogP contribution in [0.25, 0.3) is 0 Å². The van der Waals surface area contributed by atoms with E-state index in [1.54, 1.807) is 24.3 Å². The van der Waals surface area contributed by atoms with Crippen LogP contribution in [0, 0.1) is 11.3 Å². The summed E-state index contributed by atoms with van der Waals surface area (Å²) in [6, 6.07) is 9.22. The van der Waals surface area contributed by atoms with E-state index in [0.29, 0.717) is 43.2 Å². The molecular weight excluding hydrogens is 304 g/mol. The zero-order chi connectivity index (χ0) is 16.0. The molecule has 0 bridgehead atoms. The Morgan fingerprint density at radius 2 is 2.18 bits per heavy atom. The largest absolute Gasteiger partial charge is 0.479 e. The van der Waals surface area contributed by atoms with Crippen LogP contribution < -0.4 is 10.1 Å². The normalized spacial score (nSPS) is 18.0. The van der Waals surface area contributed by atoms with Crippen molar-refractivity contribution in [1.29, 1.82) is 5.26 Å².